The second-order valence-electron chi connectivity index (χ2n) is 3.11. The third kappa shape index (κ3) is 4.81. The molecule has 0 aliphatic carbocycles. The van der Waals surface area contributed by atoms with Crippen LogP contribution < -0.4 is 5.32 Å². The number of carbonyl (C=O) groups is 1. The van der Waals surface area contributed by atoms with Crippen molar-refractivity contribution >= 4 is 26.1 Å². The maximum absolute atomic E-state index is 11.0. The smallest absolute Gasteiger partial charge is 0.287 e. The van der Waals surface area contributed by atoms with Gasteiger partial charge in [0.05, 0.1) is 0 Å². The lowest BCUT2D eigenvalue weighted by atomic mass is 10.3. The van der Waals surface area contributed by atoms with E-state index < -0.39 is 36.8 Å². The summed E-state index contributed by atoms with van der Waals surface area (Å²) in [5.41, 5.74) is 0. The van der Waals surface area contributed by atoms with Gasteiger partial charge in [0.1, 0.15) is 5.25 Å². The van der Waals surface area contributed by atoms with Crippen LogP contribution in [0.25, 0.3) is 0 Å². The number of hydrogen-bond donors (Lipinski definition) is 3. The van der Waals surface area contributed by atoms with Gasteiger partial charge in [-0.1, -0.05) is 13.5 Å². The monoisotopic (exact) mass is 287 g/mol. The molecule has 10 heteroatoms. The van der Waals surface area contributed by atoms with E-state index >= 15 is 0 Å². The number of hydrogen-bond acceptors (Lipinski definition) is 5. The molecule has 0 aliphatic rings. The first-order chi connectivity index (χ1) is 7.54. The van der Waals surface area contributed by atoms with E-state index in [0.717, 1.165) is 0 Å². The van der Waals surface area contributed by atoms with Gasteiger partial charge < -0.3 is 5.32 Å². The molecule has 0 spiro atoms. The predicted octanol–water partition coefficient (Wildman–Crippen LogP) is -0.831. The number of amides is 1. The second kappa shape index (κ2) is 5.58. The lowest BCUT2D eigenvalue weighted by Gasteiger charge is -2.21. The molecule has 3 N–H and O–H groups in total. The molecule has 0 heterocycles. The van der Waals surface area contributed by atoms with Gasteiger partial charge in [-0.2, -0.15) is 16.8 Å². The van der Waals surface area contributed by atoms with Gasteiger partial charge in [0.25, 0.3) is 20.2 Å². The molecule has 100 valence electrons. The van der Waals surface area contributed by atoms with E-state index in [1.807, 2.05) is 0 Å². The van der Waals surface area contributed by atoms with E-state index in [1.165, 1.54) is 6.92 Å². The lowest BCUT2D eigenvalue weighted by molar-refractivity contribution is -0.116. The molecule has 8 nitrogen and oxygen atoms in total. The summed E-state index contributed by atoms with van der Waals surface area (Å²) < 4.78 is 61.4. The Labute approximate surface area is 99.2 Å². The fraction of sp³-hybridized carbons (Fsp3) is 0.571. The Kier molecular flexibility index (Phi) is 5.26. The summed E-state index contributed by atoms with van der Waals surface area (Å²) in [5, 5.41) is -2.28. The zero-order valence-corrected chi connectivity index (χ0v) is 10.5. The lowest BCUT2D eigenvalue weighted by Crippen LogP contribution is -2.50. The summed E-state index contributed by atoms with van der Waals surface area (Å²) in [7, 11) is -9.62. The van der Waals surface area contributed by atoms with Crippen molar-refractivity contribution in [2.24, 2.45) is 0 Å². The molecule has 0 saturated heterocycles. The molecule has 0 rings (SSSR count). The maximum atomic E-state index is 11.0. The summed E-state index contributed by atoms with van der Waals surface area (Å²) in [4.78, 5) is 10.9. The van der Waals surface area contributed by atoms with Crippen LogP contribution in [0.1, 0.15) is 13.3 Å². The van der Waals surface area contributed by atoms with Crippen LogP contribution >= 0.6 is 0 Å². The van der Waals surface area contributed by atoms with Crippen molar-refractivity contribution in [1.29, 1.82) is 0 Å². The van der Waals surface area contributed by atoms with Crippen LogP contribution in [0.4, 0.5) is 0 Å². The van der Waals surface area contributed by atoms with Crippen molar-refractivity contribution < 1.29 is 30.7 Å². The fourth-order valence-electron chi connectivity index (χ4n) is 1.14. The highest BCUT2D eigenvalue weighted by Gasteiger charge is 2.39. The number of rotatable bonds is 6. The van der Waals surface area contributed by atoms with Crippen LogP contribution in [0.3, 0.4) is 0 Å². The van der Waals surface area contributed by atoms with Crippen LogP contribution in [-0.2, 0) is 25.0 Å². The maximum Gasteiger partial charge on any atom is 0.287 e. The highest BCUT2D eigenvalue weighted by Crippen LogP contribution is 2.14. The first-order valence-corrected chi connectivity index (χ1v) is 7.40. The van der Waals surface area contributed by atoms with Gasteiger partial charge in [0.15, 0.2) is 5.37 Å². The predicted molar refractivity (Wildman–Crippen MR) is 59.3 cm³/mol. The minimum atomic E-state index is -4.88. The molecule has 2 unspecified atom stereocenters. The molecule has 0 fully saturated rings. The van der Waals surface area contributed by atoms with Crippen molar-refractivity contribution in [3.63, 3.8) is 0 Å². The topological polar surface area (TPSA) is 138 Å². The minimum Gasteiger partial charge on any atom is -0.333 e. The molecule has 2 atom stereocenters. The third-order valence-corrected chi connectivity index (χ3v) is 4.54. The van der Waals surface area contributed by atoms with Crippen LogP contribution in [0.15, 0.2) is 12.7 Å². The Hall–Kier alpha value is -0.970. The summed E-state index contributed by atoms with van der Waals surface area (Å²) in [6.45, 7) is 4.32. The molecule has 17 heavy (non-hydrogen) atoms. The Morgan fingerprint density at radius 1 is 1.29 bits per heavy atom. The first-order valence-electron chi connectivity index (χ1n) is 4.39. The van der Waals surface area contributed by atoms with Crippen molar-refractivity contribution in [3.05, 3.63) is 12.7 Å². The van der Waals surface area contributed by atoms with Crippen LogP contribution in [0.2, 0.25) is 0 Å². The summed E-state index contributed by atoms with van der Waals surface area (Å²) in [6, 6.07) is 0. The highest BCUT2D eigenvalue weighted by atomic mass is 32.2. The molecule has 0 saturated carbocycles. The summed E-state index contributed by atoms with van der Waals surface area (Å²) in [5.74, 6) is -0.991. The van der Waals surface area contributed by atoms with E-state index in [-0.39, 0.29) is 6.42 Å². The Morgan fingerprint density at radius 2 is 1.76 bits per heavy atom. The van der Waals surface area contributed by atoms with Gasteiger partial charge in [0, 0.05) is 0 Å². The minimum absolute atomic E-state index is 0.319. The molecular formula is C7H13NO7S2. The Morgan fingerprint density at radius 3 is 2.00 bits per heavy atom. The third-order valence-electron chi connectivity index (χ3n) is 1.91. The quantitative estimate of drug-likeness (QED) is 0.428. The zero-order valence-electron chi connectivity index (χ0n) is 8.90. The van der Waals surface area contributed by atoms with E-state index in [0.29, 0.717) is 6.08 Å². The second-order valence-corrected chi connectivity index (χ2v) is 6.28. The van der Waals surface area contributed by atoms with E-state index in [1.54, 1.807) is 5.32 Å². The molecule has 0 aliphatic heterocycles. The highest BCUT2D eigenvalue weighted by molar-refractivity contribution is 7.90. The SMILES string of the molecule is C=CC(=O)NC(C(CC)S(=O)(=O)O)S(=O)(=O)O. The zero-order chi connectivity index (χ0) is 13.9. The average molecular weight is 287 g/mol. The molecule has 0 aromatic carbocycles. The molecule has 0 bridgehead atoms. The van der Waals surface area contributed by atoms with Gasteiger partial charge in [0.2, 0.25) is 5.91 Å². The van der Waals surface area contributed by atoms with Crippen molar-refractivity contribution in [3.8, 4) is 0 Å². The largest absolute Gasteiger partial charge is 0.333 e. The normalized spacial score (nSPS) is 15.9. The van der Waals surface area contributed by atoms with Crippen molar-refractivity contribution in [1.82, 2.24) is 5.32 Å². The first kappa shape index (κ1) is 16.0. The molecule has 0 aromatic heterocycles. The fourth-order valence-corrected chi connectivity index (χ4v) is 3.62. The van der Waals surface area contributed by atoms with Crippen molar-refractivity contribution in [2.45, 2.75) is 24.0 Å². The van der Waals surface area contributed by atoms with Crippen LogP contribution in [-0.4, -0.2) is 42.5 Å². The van der Waals surface area contributed by atoms with Gasteiger partial charge in [-0.15, -0.1) is 0 Å². The molecule has 1 amide bonds. The summed E-state index contributed by atoms with van der Waals surface area (Å²) in [6.07, 6.45) is 0.385. The van der Waals surface area contributed by atoms with Crippen molar-refractivity contribution in [2.75, 3.05) is 0 Å². The standard InChI is InChI=1S/C7H13NO7S2/c1-3-5(16(10,11)12)7(17(13,14)15)8-6(9)4-2/h4-5,7H,2-3H2,1H3,(H,8,9)(H,10,11,12)(H,13,14,15). The van der Waals surface area contributed by atoms with Gasteiger partial charge in [-0.25, -0.2) is 0 Å². The molecular weight excluding hydrogens is 274 g/mol. The van der Waals surface area contributed by atoms with Gasteiger partial charge >= 0.3 is 0 Å². The molecule has 0 radical (unpaired) electrons. The van der Waals surface area contributed by atoms with E-state index in [9.17, 15) is 21.6 Å². The number of carbonyl (C=O) groups excluding carboxylic acids is 1. The van der Waals surface area contributed by atoms with E-state index in [2.05, 4.69) is 6.58 Å². The van der Waals surface area contributed by atoms with E-state index in [4.69, 9.17) is 9.11 Å². The average Bonchev–Trinajstić information content (AvgIpc) is 2.13. The van der Waals surface area contributed by atoms with Gasteiger partial charge in [-0.3, -0.25) is 13.9 Å². The Balaban J connectivity index is 5.47. The van der Waals surface area contributed by atoms with Gasteiger partial charge in [-0.05, 0) is 12.5 Å². The summed E-state index contributed by atoms with van der Waals surface area (Å²) >= 11 is 0. The van der Waals surface area contributed by atoms with Crippen LogP contribution in [0, 0.1) is 0 Å². The number of nitrogens with one attached hydrogen (secondary N) is 1. The molecule has 0 aromatic rings. The van der Waals surface area contributed by atoms with Crippen LogP contribution in [0.5, 0.6) is 0 Å². The Bertz CT molecular complexity index is 492.